The van der Waals surface area contributed by atoms with Crippen LogP contribution in [0, 0.1) is 5.92 Å². The number of fused-ring (bicyclic) bond motifs is 1. The van der Waals surface area contributed by atoms with Crippen molar-refractivity contribution in [3.8, 4) is 0 Å². The zero-order valence-electron chi connectivity index (χ0n) is 18.1. The SMILES string of the molecule is CC(CN(CCCO)C(=O)OC(C)(C)C)CS(=O)(=O)c1cccc2c(=O)[nH]cc(Cl)c12. The number of amides is 1. The van der Waals surface area contributed by atoms with Crippen molar-refractivity contribution in [2.45, 2.75) is 44.6 Å². The maximum Gasteiger partial charge on any atom is 0.410 e. The predicted molar refractivity (Wildman–Crippen MR) is 120 cm³/mol. The quantitative estimate of drug-likeness (QED) is 0.609. The van der Waals surface area contributed by atoms with Gasteiger partial charge in [0.25, 0.3) is 5.56 Å². The van der Waals surface area contributed by atoms with Gasteiger partial charge >= 0.3 is 6.09 Å². The lowest BCUT2D eigenvalue weighted by molar-refractivity contribution is 0.0219. The summed E-state index contributed by atoms with van der Waals surface area (Å²) in [5.41, 5.74) is -1.12. The number of aromatic nitrogens is 1. The summed E-state index contributed by atoms with van der Waals surface area (Å²) in [6, 6.07) is 4.44. The Labute approximate surface area is 187 Å². The van der Waals surface area contributed by atoms with Crippen LogP contribution in [0.2, 0.25) is 5.02 Å². The van der Waals surface area contributed by atoms with Crippen LogP contribution < -0.4 is 5.56 Å². The monoisotopic (exact) mass is 472 g/mol. The fraction of sp³-hybridized carbons (Fsp3) is 0.524. The van der Waals surface area contributed by atoms with Crippen molar-refractivity contribution < 1.29 is 23.1 Å². The lowest BCUT2D eigenvalue weighted by atomic mass is 10.2. The van der Waals surface area contributed by atoms with Gasteiger partial charge in [0.1, 0.15) is 5.60 Å². The second-order valence-corrected chi connectivity index (χ2v) is 10.9. The zero-order valence-corrected chi connectivity index (χ0v) is 19.7. The van der Waals surface area contributed by atoms with Crippen molar-refractivity contribution in [2.75, 3.05) is 25.4 Å². The average Bonchev–Trinajstić information content (AvgIpc) is 2.65. The number of nitrogens with zero attached hydrogens (tertiary/aromatic N) is 1. The van der Waals surface area contributed by atoms with Gasteiger partial charge in [0.15, 0.2) is 9.84 Å². The molecular formula is C21H29ClN2O6S. The molecule has 172 valence electrons. The highest BCUT2D eigenvalue weighted by atomic mass is 35.5. The molecule has 2 aromatic rings. The average molecular weight is 473 g/mol. The third kappa shape index (κ3) is 6.69. The number of rotatable bonds is 8. The van der Waals surface area contributed by atoms with Gasteiger partial charge in [-0.1, -0.05) is 24.6 Å². The highest BCUT2D eigenvalue weighted by Crippen LogP contribution is 2.29. The minimum atomic E-state index is -3.82. The summed E-state index contributed by atoms with van der Waals surface area (Å²) in [5, 5.41) is 9.65. The number of pyridine rings is 1. The van der Waals surface area contributed by atoms with Crippen LogP contribution in [-0.4, -0.2) is 60.6 Å². The Kier molecular flexibility index (Phi) is 8.13. The number of aliphatic hydroxyl groups excluding tert-OH is 1. The van der Waals surface area contributed by atoms with E-state index in [9.17, 15) is 18.0 Å². The number of aliphatic hydroxyl groups is 1. The second kappa shape index (κ2) is 10.0. The summed E-state index contributed by atoms with van der Waals surface area (Å²) < 4.78 is 31.7. The van der Waals surface area contributed by atoms with Crippen LogP contribution in [0.25, 0.3) is 10.8 Å². The molecule has 0 aliphatic carbocycles. The molecule has 0 fully saturated rings. The smallest absolute Gasteiger partial charge is 0.410 e. The molecule has 0 saturated carbocycles. The molecule has 1 atom stereocenters. The number of H-pyrrole nitrogens is 1. The first-order valence-corrected chi connectivity index (χ1v) is 12.0. The summed E-state index contributed by atoms with van der Waals surface area (Å²) >= 11 is 6.19. The molecule has 1 amide bonds. The van der Waals surface area contributed by atoms with E-state index in [1.54, 1.807) is 27.7 Å². The molecule has 0 aliphatic heterocycles. The van der Waals surface area contributed by atoms with Crippen molar-refractivity contribution >= 4 is 38.3 Å². The number of nitrogens with one attached hydrogen (secondary N) is 1. The minimum absolute atomic E-state index is 0.0212. The van der Waals surface area contributed by atoms with Crippen molar-refractivity contribution in [2.24, 2.45) is 5.92 Å². The summed E-state index contributed by atoms with van der Waals surface area (Å²) in [4.78, 5) is 28.5. The van der Waals surface area contributed by atoms with E-state index in [0.29, 0.717) is 6.42 Å². The highest BCUT2D eigenvalue weighted by Gasteiger charge is 2.27. The normalized spacial score (nSPS) is 13.2. The number of benzene rings is 1. The lowest BCUT2D eigenvalue weighted by Crippen LogP contribution is -2.41. The standard InChI is InChI=1S/C21H29ClN2O6S/c1-14(12-24(9-6-10-25)20(27)30-21(2,3)4)13-31(28,29)17-8-5-7-15-18(17)16(22)11-23-19(15)26/h5,7-8,11,14,25H,6,9-10,12-13H2,1-4H3,(H,23,26). The Morgan fingerprint density at radius 3 is 2.61 bits per heavy atom. The van der Waals surface area contributed by atoms with Gasteiger partial charge in [-0.2, -0.15) is 0 Å². The predicted octanol–water partition coefficient (Wildman–Crippen LogP) is 3.21. The molecule has 0 spiro atoms. The molecule has 2 rings (SSSR count). The van der Waals surface area contributed by atoms with Crippen LogP contribution in [0.5, 0.6) is 0 Å². The summed E-state index contributed by atoms with van der Waals surface area (Å²) in [5.74, 6) is -0.694. The van der Waals surface area contributed by atoms with E-state index in [1.807, 2.05) is 0 Å². The van der Waals surface area contributed by atoms with Crippen molar-refractivity contribution in [3.63, 3.8) is 0 Å². The van der Waals surface area contributed by atoms with Gasteiger partial charge in [-0.3, -0.25) is 4.79 Å². The zero-order chi connectivity index (χ0) is 23.4. The van der Waals surface area contributed by atoms with E-state index in [1.165, 1.54) is 29.3 Å². The van der Waals surface area contributed by atoms with E-state index in [-0.39, 0.29) is 46.1 Å². The maximum atomic E-state index is 13.2. The van der Waals surface area contributed by atoms with Crippen LogP contribution >= 0.6 is 11.6 Å². The molecule has 8 nitrogen and oxygen atoms in total. The van der Waals surface area contributed by atoms with E-state index in [0.717, 1.165) is 0 Å². The van der Waals surface area contributed by atoms with Crippen LogP contribution in [0.15, 0.2) is 34.1 Å². The van der Waals surface area contributed by atoms with Crippen molar-refractivity contribution in [1.29, 1.82) is 0 Å². The number of hydrogen-bond acceptors (Lipinski definition) is 6. The Balaban J connectivity index is 2.28. The van der Waals surface area contributed by atoms with E-state index < -0.39 is 33.0 Å². The minimum Gasteiger partial charge on any atom is -0.444 e. The molecule has 1 aromatic carbocycles. The fourth-order valence-corrected chi connectivity index (χ4v) is 5.41. The number of carbonyl (C=O) groups is 1. The molecule has 1 aromatic heterocycles. The molecule has 2 N–H and O–H groups in total. The van der Waals surface area contributed by atoms with Gasteiger partial charge in [-0.25, -0.2) is 13.2 Å². The highest BCUT2D eigenvalue weighted by molar-refractivity contribution is 7.91. The Morgan fingerprint density at radius 1 is 1.32 bits per heavy atom. The number of aromatic amines is 1. The fourth-order valence-electron chi connectivity index (χ4n) is 3.24. The van der Waals surface area contributed by atoms with Crippen LogP contribution in [0.3, 0.4) is 0 Å². The van der Waals surface area contributed by atoms with Crippen LogP contribution in [0.1, 0.15) is 34.1 Å². The maximum absolute atomic E-state index is 13.2. The van der Waals surface area contributed by atoms with Gasteiger partial charge in [0, 0.05) is 36.7 Å². The first-order chi connectivity index (χ1) is 14.4. The molecule has 0 radical (unpaired) electrons. The molecule has 0 bridgehead atoms. The molecule has 0 aliphatic rings. The molecular weight excluding hydrogens is 444 g/mol. The Morgan fingerprint density at radius 2 is 2.00 bits per heavy atom. The van der Waals surface area contributed by atoms with Gasteiger partial charge in [-0.05, 0) is 45.2 Å². The Bertz CT molecular complexity index is 1090. The molecule has 1 heterocycles. The lowest BCUT2D eigenvalue weighted by Gasteiger charge is -2.29. The van der Waals surface area contributed by atoms with Gasteiger partial charge < -0.3 is 19.7 Å². The van der Waals surface area contributed by atoms with Gasteiger partial charge in [-0.15, -0.1) is 0 Å². The topological polar surface area (TPSA) is 117 Å². The number of halogens is 1. The molecule has 31 heavy (non-hydrogen) atoms. The van der Waals surface area contributed by atoms with Gasteiger partial charge in [0.05, 0.1) is 15.7 Å². The van der Waals surface area contributed by atoms with Crippen molar-refractivity contribution in [3.05, 3.63) is 39.8 Å². The molecule has 10 heteroatoms. The number of hydrogen-bond donors (Lipinski definition) is 2. The van der Waals surface area contributed by atoms with E-state index >= 15 is 0 Å². The third-order valence-electron chi connectivity index (χ3n) is 4.45. The van der Waals surface area contributed by atoms with Gasteiger partial charge in [0.2, 0.25) is 0 Å². The van der Waals surface area contributed by atoms with Crippen LogP contribution in [-0.2, 0) is 14.6 Å². The second-order valence-electron chi connectivity index (χ2n) is 8.53. The first-order valence-electron chi connectivity index (χ1n) is 9.97. The summed E-state index contributed by atoms with van der Waals surface area (Å²) in [7, 11) is -3.82. The number of carbonyl (C=O) groups excluding carboxylic acids is 1. The van der Waals surface area contributed by atoms with E-state index in [4.69, 9.17) is 21.4 Å². The number of sulfone groups is 1. The third-order valence-corrected chi connectivity index (χ3v) is 6.76. The first kappa shape index (κ1) is 25.2. The summed E-state index contributed by atoms with van der Waals surface area (Å²) in [6.07, 6.45) is 1.05. The summed E-state index contributed by atoms with van der Waals surface area (Å²) in [6.45, 7) is 7.22. The largest absolute Gasteiger partial charge is 0.444 e. The molecule has 0 saturated heterocycles. The van der Waals surface area contributed by atoms with Crippen LogP contribution in [0.4, 0.5) is 4.79 Å². The number of ether oxygens (including phenoxy) is 1. The van der Waals surface area contributed by atoms with Crippen molar-refractivity contribution in [1.82, 2.24) is 9.88 Å². The Hall–Kier alpha value is -2.10. The van der Waals surface area contributed by atoms with E-state index in [2.05, 4.69) is 4.98 Å². The molecule has 1 unspecified atom stereocenters.